The average molecular weight is 392 g/mol. The van der Waals surface area contributed by atoms with E-state index in [4.69, 9.17) is 0 Å². The summed E-state index contributed by atoms with van der Waals surface area (Å²) >= 11 is 1.50. The van der Waals surface area contributed by atoms with E-state index >= 15 is 0 Å². The number of carbonyl (C=O) groups excluding carboxylic acids is 2. The molecule has 4 aromatic rings. The zero-order valence-corrected chi connectivity index (χ0v) is 15.5. The van der Waals surface area contributed by atoms with Crippen LogP contribution >= 0.6 is 11.3 Å². The summed E-state index contributed by atoms with van der Waals surface area (Å²) in [5, 5.41) is 6.41. The molecule has 2 aromatic carbocycles. The number of hydrogen-bond acceptors (Lipinski definition) is 5. The smallest absolute Gasteiger partial charge is 0.257 e. The second kappa shape index (κ2) is 7.61. The van der Waals surface area contributed by atoms with E-state index in [-0.39, 0.29) is 30.0 Å². The molecule has 4 rings (SSSR count). The number of carbonyl (C=O) groups is 2. The highest BCUT2D eigenvalue weighted by atomic mass is 32.1. The van der Waals surface area contributed by atoms with Crippen molar-refractivity contribution in [1.82, 2.24) is 20.6 Å². The number of hydrogen-bond donors (Lipinski definition) is 3. The van der Waals surface area contributed by atoms with Crippen molar-refractivity contribution in [3.8, 4) is 0 Å². The molecule has 0 aliphatic heterocycles. The summed E-state index contributed by atoms with van der Waals surface area (Å²) in [5.41, 5.74) is 1.14. The molecule has 7 nitrogen and oxygen atoms in total. The first kappa shape index (κ1) is 17.9. The molecule has 28 heavy (non-hydrogen) atoms. The second-order valence-electron chi connectivity index (χ2n) is 6.11. The van der Waals surface area contributed by atoms with Crippen molar-refractivity contribution in [1.29, 1.82) is 0 Å². The van der Waals surface area contributed by atoms with Gasteiger partial charge in [0.25, 0.3) is 5.91 Å². The lowest BCUT2D eigenvalue weighted by Crippen LogP contribution is -2.38. The zero-order valence-electron chi connectivity index (χ0n) is 14.7. The van der Waals surface area contributed by atoms with Gasteiger partial charge in [0.15, 0.2) is 0 Å². The van der Waals surface area contributed by atoms with E-state index in [0.717, 1.165) is 15.2 Å². The van der Waals surface area contributed by atoms with E-state index in [1.807, 2.05) is 24.3 Å². The highest BCUT2D eigenvalue weighted by Gasteiger charge is 2.14. The predicted octanol–water partition coefficient (Wildman–Crippen LogP) is 2.18. The Morgan fingerprint density at radius 2 is 1.82 bits per heavy atom. The van der Waals surface area contributed by atoms with Crippen LogP contribution in [0.1, 0.15) is 15.4 Å². The summed E-state index contributed by atoms with van der Waals surface area (Å²) in [6.45, 7) is 0.0562. The third-order valence-electron chi connectivity index (χ3n) is 4.22. The molecule has 2 amide bonds. The number of para-hydroxylation sites is 2. The quantitative estimate of drug-likeness (QED) is 0.484. The third kappa shape index (κ3) is 3.63. The number of fused-ring (bicyclic) bond motifs is 2. The topological polar surface area (TPSA) is 104 Å². The molecule has 140 valence electrons. The molecule has 0 unspecified atom stereocenters. The molecule has 8 heteroatoms. The number of benzene rings is 2. The van der Waals surface area contributed by atoms with Gasteiger partial charge in [-0.2, -0.15) is 0 Å². The maximum Gasteiger partial charge on any atom is 0.257 e. The van der Waals surface area contributed by atoms with Crippen LogP contribution in [0.5, 0.6) is 0 Å². The lowest BCUT2D eigenvalue weighted by molar-refractivity contribution is -0.120. The summed E-state index contributed by atoms with van der Waals surface area (Å²) in [4.78, 5) is 44.1. The van der Waals surface area contributed by atoms with Gasteiger partial charge in [0, 0.05) is 17.1 Å². The molecule has 0 bridgehead atoms. The van der Waals surface area contributed by atoms with Crippen LogP contribution in [-0.2, 0) is 11.3 Å². The van der Waals surface area contributed by atoms with Gasteiger partial charge in [0.1, 0.15) is 10.6 Å². The molecule has 0 spiro atoms. The fourth-order valence-electron chi connectivity index (χ4n) is 2.82. The number of H-pyrrole nitrogens is 1. The van der Waals surface area contributed by atoms with Gasteiger partial charge in [-0.15, -0.1) is 11.3 Å². The van der Waals surface area contributed by atoms with E-state index < -0.39 is 5.91 Å². The van der Waals surface area contributed by atoms with Gasteiger partial charge in [-0.1, -0.05) is 24.3 Å². The minimum Gasteiger partial charge on any atom is -0.360 e. The monoisotopic (exact) mass is 392 g/mol. The Labute approximate surface area is 163 Å². The number of aromatic nitrogens is 2. The number of nitrogens with zero attached hydrogens (tertiary/aromatic N) is 1. The van der Waals surface area contributed by atoms with E-state index in [9.17, 15) is 14.4 Å². The molecule has 0 aliphatic carbocycles. The van der Waals surface area contributed by atoms with Crippen molar-refractivity contribution >= 4 is 44.3 Å². The number of amides is 2. The number of pyridine rings is 1. The van der Waals surface area contributed by atoms with Crippen molar-refractivity contribution < 1.29 is 9.59 Å². The van der Waals surface area contributed by atoms with Crippen LogP contribution < -0.4 is 16.1 Å². The van der Waals surface area contributed by atoms with Crippen LogP contribution in [0.25, 0.3) is 21.1 Å². The maximum absolute atomic E-state index is 12.4. The van der Waals surface area contributed by atoms with Gasteiger partial charge in [0.05, 0.1) is 23.3 Å². The van der Waals surface area contributed by atoms with Crippen molar-refractivity contribution in [2.24, 2.45) is 0 Å². The molecule has 0 atom stereocenters. The van der Waals surface area contributed by atoms with Gasteiger partial charge in [0.2, 0.25) is 11.3 Å². The van der Waals surface area contributed by atoms with Crippen LogP contribution in [0, 0.1) is 0 Å². The second-order valence-corrected chi connectivity index (χ2v) is 7.23. The summed E-state index contributed by atoms with van der Waals surface area (Å²) < 4.78 is 1.05. The van der Waals surface area contributed by atoms with Crippen LogP contribution in [0.4, 0.5) is 0 Å². The first-order chi connectivity index (χ1) is 13.6. The Morgan fingerprint density at radius 3 is 2.68 bits per heavy atom. The Hall–Kier alpha value is -3.52. The molecular formula is C20H16N4O3S. The Bertz CT molecular complexity index is 1210. The Kier molecular flexibility index (Phi) is 4.86. The lowest BCUT2D eigenvalue weighted by atomic mass is 10.1. The van der Waals surface area contributed by atoms with Gasteiger partial charge in [-0.05, 0) is 24.3 Å². The predicted molar refractivity (Wildman–Crippen MR) is 108 cm³/mol. The number of nitrogens with one attached hydrogen (secondary N) is 3. The van der Waals surface area contributed by atoms with Gasteiger partial charge >= 0.3 is 0 Å². The van der Waals surface area contributed by atoms with Crippen molar-refractivity contribution in [3.63, 3.8) is 0 Å². The molecule has 0 saturated heterocycles. The van der Waals surface area contributed by atoms with Crippen LogP contribution in [0.15, 0.2) is 59.5 Å². The summed E-state index contributed by atoms with van der Waals surface area (Å²) in [7, 11) is 0. The molecule has 2 heterocycles. The lowest BCUT2D eigenvalue weighted by Gasteiger charge is -2.06. The number of rotatable bonds is 5. The molecule has 0 saturated carbocycles. The normalized spacial score (nSPS) is 10.9. The first-order valence-corrected chi connectivity index (χ1v) is 9.43. The zero-order chi connectivity index (χ0) is 19.5. The first-order valence-electron chi connectivity index (χ1n) is 8.61. The molecule has 0 radical (unpaired) electrons. The molecular weight excluding hydrogens is 376 g/mol. The van der Waals surface area contributed by atoms with Crippen LogP contribution in [-0.4, -0.2) is 28.3 Å². The van der Waals surface area contributed by atoms with E-state index in [1.54, 1.807) is 24.3 Å². The number of aromatic amines is 1. The average Bonchev–Trinajstić information content (AvgIpc) is 3.14. The molecule has 2 aromatic heterocycles. The highest BCUT2D eigenvalue weighted by molar-refractivity contribution is 7.18. The van der Waals surface area contributed by atoms with Gasteiger partial charge in [-0.25, -0.2) is 4.98 Å². The fourth-order valence-corrected chi connectivity index (χ4v) is 3.73. The Balaban J connectivity index is 1.36. The van der Waals surface area contributed by atoms with Crippen molar-refractivity contribution in [2.75, 3.05) is 6.54 Å². The number of thiazole rings is 1. The minimum atomic E-state index is -0.595. The molecule has 0 aliphatic rings. The van der Waals surface area contributed by atoms with Crippen LogP contribution in [0.3, 0.4) is 0 Å². The molecule has 0 fully saturated rings. The third-order valence-corrected chi connectivity index (χ3v) is 5.25. The standard InChI is InChI=1S/C20H16N4O3S/c25-17(22-11-18-24-15-7-3-4-8-16(15)28-18)10-23-20(27)13-9-21-14-6-2-1-5-12(14)19(13)26/h1-9H,10-11H2,(H,21,26)(H,22,25)(H,23,27). The maximum atomic E-state index is 12.4. The highest BCUT2D eigenvalue weighted by Crippen LogP contribution is 2.21. The van der Waals surface area contributed by atoms with Gasteiger partial charge < -0.3 is 15.6 Å². The summed E-state index contributed by atoms with van der Waals surface area (Å²) in [6, 6.07) is 14.7. The Morgan fingerprint density at radius 1 is 1.04 bits per heavy atom. The van der Waals surface area contributed by atoms with E-state index in [2.05, 4.69) is 20.6 Å². The summed E-state index contributed by atoms with van der Waals surface area (Å²) in [6.07, 6.45) is 1.36. The van der Waals surface area contributed by atoms with E-state index in [1.165, 1.54) is 17.5 Å². The van der Waals surface area contributed by atoms with E-state index in [0.29, 0.717) is 10.9 Å². The van der Waals surface area contributed by atoms with Crippen molar-refractivity contribution in [2.45, 2.75) is 6.54 Å². The molecule has 3 N–H and O–H groups in total. The SMILES string of the molecule is O=C(CNC(=O)c1c[nH]c2ccccc2c1=O)NCc1nc2ccccc2s1. The van der Waals surface area contributed by atoms with Crippen LogP contribution in [0.2, 0.25) is 0 Å². The largest absolute Gasteiger partial charge is 0.360 e. The minimum absolute atomic E-state index is 0.0299. The summed E-state index contributed by atoms with van der Waals surface area (Å²) in [5.74, 6) is -0.952. The van der Waals surface area contributed by atoms with Crippen molar-refractivity contribution in [3.05, 3.63) is 75.5 Å². The fraction of sp³-hybridized carbons (Fsp3) is 0.100. The van der Waals surface area contributed by atoms with Gasteiger partial charge in [-0.3, -0.25) is 14.4 Å².